The lowest BCUT2D eigenvalue weighted by Gasteiger charge is -2.38. The van der Waals surface area contributed by atoms with E-state index in [4.69, 9.17) is 4.74 Å². The molecule has 1 fully saturated rings. The van der Waals surface area contributed by atoms with E-state index >= 15 is 0 Å². The standard InChI is InChI=1S/C16H33NO/c1-4-7-10-16(5-2,14-17-6-3)13-15-8-11-18-12-9-15/h15,17H,4-14H2,1-3H3. The highest BCUT2D eigenvalue weighted by atomic mass is 16.5. The molecule has 2 nitrogen and oxygen atoms in total. The van der Waals surface area contributed by atoms with Crippen LogP contribution in [0.3, 0.4) is 0 Å². The zero-order chi connectivity index (χ0) is 13.3. The molecule has 1 aliphatic rings. The highest BCUT2D eigenvalue weighted by molar-refractivity contribution is 4.84. The van der Waals surface area contributed by atoms with Crippen LogP contribution >= 0.6 is 0 Å². The minimum Gasteiger partial charge on any atom is -0.381 e. The van der Waals surface area contributed by atoms with Crippen LogP contribution in [0, 0.1) is 11.3 Å². The first-order chi connectivity index (χ1) is 8.76. The highest BCUT2D eigenvalue weighted by Gasteiger charge is 2.31. The van der Waals surface area contributed by atoms with Crippen LogP contribution in [-0.4, -0.2) is 26.3 Å². The van der Waals surface area contributed by atoms with Gasteiger partial charge in [-0.3, -0.25) is 0 Å². The Morgan fingerprint density at radius 2 is 1.89 bits per heavy atom. The van der Waals surface area contributed by atoms with Gasteiger partial charge in [0.25, 0.3) is 0 Å². The first kappa shape index (κ1) is 16.0. The van der Waals surface area contributed by atoms with Crippen molar-refractivity contribution in [2.24, 2.45) is 11.3 Å². The molecule has 0 aromatic heterocycles. The van der Waals surface area contributed by atoms with Gasteiger partial charge >= 0.3 is 0 Å². The molecule has 2 heteroatoms. The molecule has 1 atom stereocenters. The Bertz CT molecular complexity index is 191. The fourth-order valence-electron chi connectivity index (χ4n) is 3.21. The molecule has 1 heterocycles. The fraction of sp³-hybridized carbons (Fsp3) is 1.00. The lowest BCUT2D eigenvalue weighted by Crippen LogP contribution is -2.36. The van der Waals surface area contributed by atoms with Crippen LogP contribution in [0.1, 0.15) is 65.7 Å². The van der Waals surface area contributed by atoms with Gasteiger partial charge in [0.2, 0.25) is 0 Å². The van der Waals surface area contributed by atoms with Crippen LogP contribution in [0.4, 0.5) is 0 Å². The number of ether oxygens (including phenoxy) is 1. The number of rotatable bonds is 9. The van der Waals surface area contributed by atoms with Crippen molar-refractivity contribution in [1.82, 2.24) is 5.32 Å². The Balaban J connectivity index is 2.54. The summed E-state index contributed by atoms with van der Waals surface area (Å²) >= 11 is 0. The molecule has 0 aromatic carbocycles. The maximum Gasteiger partial charge on any atom is 0.0468 e. The second-order valence-electron chi connectivity index (χ2n) is 6.00. The molecule has 0 saturated carbocycles. The molecule has 0 radical (unpaired) electrons. The summed E-state index contributed by atoms with van der Waals surface area (Å²) in [5.41, 5.74) is 0.536. The third-order valence-electron chi connectivity index (χ3n) is 4.62. The van der Waals surface area contributed by atoms with Crippen LogP contribution < -0.4 is 5.32 Å². The van der Waals surface area contributed by atoms with Gasteiger partial charge in [0.1, 0.15) is 0 Å². The molecule has 1 N–H and O–H groups in total. The molecule has 0 spiro atoms. The van der Waals surface area contributed by atoms with Crippen LogP contribution in [0.25, 0.3) is 0 Å². The summed E-state index contributed by atoms with van der Waals surface area (Å²) in [7, 11) is 0. The van der Waals surface area contributed by atoms with Crippen LogP contribution in [0.2, 0.25) is 0 Å². The van der Waals surface area contributed by atoms with Crippen molar-refractivity contribution >= 4 is 0 Å². The minimum atomic E-state index is 0.536. The van der Waals surface area contributed by atoms with E-state index in [9.17, 15) is 0 Å². The molecule has 0 bridgehead atoms. The van der Waals surface area contributed by atoms with E-state index in [2.05, 4.69) is 26.1 Å². The smallest absolute Gasteiger partial charge is 0.0468 e. The fourth-order valence-corrected chi connectivity index (χ4v) is 3.21. The van der Waals surface area contributed by atoms with Gasteiger partial charge in [0.15, 0.2) is 0 Å². The van der Waals surface area contributed by atoms with Gasteiger partial charge in [-0.15, -0.1) is 0 Å². The SMILES string of the molecule is CCCCC(CC)(CNCC)CC1CCOCC1. The Kier molecular flexibility index (Phi) is 7.92. The molecule has 108 valence electrons. The van der Waals surface area contributed by atoms with Crippen molar-refractivity contribution < 1.29 is 4.74 Å². The summed E-state index contributed by atoms with van der Waals surface area (Å²) in [6.07, 6.45) is 9.37. The maximum atomic E-state index is 5.49. The van der Waals surface area contributed by atoms with Gasteiger partial charge in [-0.05, 0) is 50.0 Å². The molecule has 1 rings (SSSR count). The van der Waals surface area contributed by atoms with E-state index < -0.39 is 0 Å². The minimum absolute atomic E-state index is 0.536. The number of hydrogen-bond donors (Lipinski definition) is 1. The molecular formula is C16H33NO. The van der Waals surface area contributed by atoms with Crippen LogP contribution in [0.5, 0.6) is 0 Å². The van der Waals surface area contributed by atoms with Crippen molar-refractivity contribution in [3.8, 4) is 0 Å². The van der Waals surface area contributed by atoms with E-state index in [1.165, 1.54) is 51.5 Å². The Morgan fingerprint density at radius 1 is 1.17 bits per heavy atom. The topological polar surface area (TPSA) is 21.3 Å². The van der Waals surface area contributed by atoms with E-state index in [1.807, 2.05) is 0 Å². The molecule has 1 aliphatic heterocycles. The second kappa shape index (κ2) is 8.92. The summed E-state index contributed by atoms with van der Waals surface area (Å²) < 4.78 is 5.49. The highest BCUT2D eigenvalue weighted by Crippen LogP contribution is 2.38. The Hall–Kier alpha value is -0.0800. The third-order valence-corrected chi connectivity index (χ3v) is 4.62. The average molecular weight is 255 g/mol. The molecule has 1 saturated heterocycles. The van der Waals surface area contributed by atoms with Crippen LogP contribution in [-0.2, 0) is 4.74 Å². The summed E-state index contributed by atoms with van der Waals surface area (Å²) in [4.78, 5) is 0. The summed E-state index contributed by atoms with van der Waals surface area (Å²) in [5.74, 6) is 0.897. The zero-order valence-electron chi connectivity index (χ0n) is 12.8. The number of unbranched alkanes of at least 4 members (excludes halogenated alkanes) is 1. The largest absolute Gasteiger partial charge is 0.381 e. The number of nitrogens with one attached hydrogen (secondary N) is 1. The predicted molar refractivity (Wildman–Crippen MR) is 79.0 cm³/mol. The molecule has 0 aromatic rings. The van der Waals surface area contributed by atoms with Crippen LogP contribution in [0.15, 0.2) is 0 Å². The van der Waals surface area contributed by atoms with Gasteiger partial charge < -0.3 is 10.1 Å². The van der Waals surface area contributed by atoms with Crippen molar-refractivity contribution in [3.05, 3.63) is 0 Å². The van der Waals surface area contributed by atoms with Gasteiger partial charge in [-0.25, -0.2) is 0 Å². The first-order valence-electron chi connectivity index (χ1n) is 8.04. The third kappa shape index (κ3) is 5.27. The Labute approximate surface area is 114 Å². The lowest BCUT2D eigenvalue weighted by molar-refractivity contribution is 0.0429. The molecule has 1 unspecified atom stereocenters. The summed E-state index contributed by atoms with van der Waals surface area (Å²) in [5, 5.41) is 3.61. The lowest BCUT2D eigenvalue weighted by atomic mass is 9.72. The molecule has 18 heavy (non-hydrogen) atoms. The second-order valence-corrected chi connectivity index (χ2v) is 6.00. The summed E-state index contributed by atoms with van der Waals surface area (Å²) in [6, 6.07) is 0. The monoisotopic (exact) mass is 255 g/mol. The zero-order valence-corrected chi connectivity index (χ0v) is 12.8. The van der Waals surface area contributed by atoms with Crippen molar-refractivity contribution in [1.29, 1.82) is 0 Å². The van der Waals surface area contributed by atoms with Crippen molar-refractivity contribution in [3.63, 3.8) is 0 Å². The van der Waals surface area contributed by atoms with E-state index in [1.54, 1.807) is 0 Å². The average Bonchev–Trinajstić information content (AvgIpc) is 2.43. The maximum absolute atomic E-state index is 5.49. The Morgan fingerprint density at radius 3 is 2.44 bits per heavy atom. The van der Waals surface area contributed by atoms with Crippen molar-refractivity contribution in [2.45, 2.75) is 65.7 Å². The van der Waals surface area contributed by atoms with E-state index in [0.29, 0.717) is 5.41 Å². The number of hydrogen-bond acceptors (Lipinski definition) is 2. The van der Waals surface area contributed by atoms with E-state index in [-0.39, 0.29) is 0 Å². The van der Waals surface area contributed by atoms with Gasteiger partial charge in [-0.1, -0.05) is 33.6 Å². The van der Waals surface area contributed by atoms with Gasteiger partial charge in [0, 0.05) is 19.8 Å². The summed E-state index contributed by atoms with van der Waals surface area (Å²) in [6.45, 7) is 11.2. The molecule has 0 aliphatic carbocycles. The predicted octanol–water partition coefficient (Wildman–Crippen LogP) is 4.00. The quantitative estimate of drug-likeness (QED) is 0.672. The van der Waals surface area contributed by atoms with E-state index in [0.717, 1.165) is 25.7 Å². The molecule has 0 amide bonds. The van der Waals surface area contributed by atoms with Crippen molar-refractivity contribution in [2.75, 3.05) is 26.3 Å². The first-order valence-corrected chi connectivity index (χ1v) is 8.04. The van der Waals surface area contributed by atoms with Gasteiger partial charge in [0.05, 0.1) is 0 Å². The van der Waals surface area contributed by atoms with Gasteiger partial charge in [-0.2, -0.15) is 0 Å². The molecular weight excluding hydrogens is 222 g/mol. The normalized spacial score (nSPS) is 20.8.